The standard InChI is InChI=1S/C12H19NO2S/c1-2-16(14,15)12-8-6-11(7-9-12)5-3-4-10-13/h6-9H,2-5,10,13H2,1H3. The molecule has 90 valence electrons. The first-order chi connectivity index (χ1) is 7.60. The zero-order valence-corrected chi connectivity index (χ0v) is 10.5. The van der Waals surface area contributed by atoms with Crippen molar-refractivity contribution in [2.24, 2.45) is 5.73 Å². The number of sulfone groups is 1. The smallest absolute Gasteiger partial charge is 0.178 e. The molecule has 4 heteroatoms. The number of unbranched alkanes of at least 4 members (excludes halogenated alkanes) is 1. The van der Waals surface area contributed by atoms with Crippen LogP contribution in [-0.2, 0) is 16.3 Å². The van der Waals surface area contributed by atoms with Crippen LogP contribution in [0.1, 0.15) is 25.3 Å². The van der Waals surface area contributed by atoms with Crippen LogP contribution in [0.15, 0.2) is 29.2 Å². The first kappa shape index (κ1) is 13.2. The van der Waals surface area contributed by atoms with Gasteiger partial charge in [0.1, 0.15) is 0 Å². The van der Waals surface area contributed by atoms with Crippen LogP contribution < -0.4 is 5.73 Å². The SMILES string of the molecule is CCS(=O)(=O)c1ccc(CCCCN)cc1. The van der Waals surface area contributed by atoms with Gasteiger partial charge in [-0.25, -0.2) is 8.42 Å². The predicted octanol–water partition coefficient (Wildman–Crippen LogP) is 1.76. The molecular formula is C12H19NO2S. The monoisotopic (exact) mass is 241 g/mol. The number of nitrogens with two attached hydrogens (primary N) is 1. The summed E-state index contributed by atoms with van der Waals surface area (Å²) >= 11 is 0. The number of aryl methyl sites for hydroxylation is 1. The van der Waals surface area contributed by atoms with E-state index in [1.54, 1.807) is 19.1 Å². The lowest BCUT2D eigenvalue weighted by Gasteiger charge is -2.03. The van der Waals surface area contributed by atoms with Crippen molar-refractivity contribution in [2.75, 3.05) is 12.3 Å². The minimum absolute atomic E-state index is 0.152. The molecule has 0 atom stereocenters. The molecule has 0 bridgehead atoms. The molecule has 0 aliphatic rings. The second-order valence-corrected chi connectivity index (χ2v) is 6.07. The van der Waals surface area contributed by atoms with Crippen molar-refractivity contribution >= 4 is 9.84 Å². The molecule has 0 radical (unpaired) electrons. The van der Waals surface area contributed by atoms with Gasteiger partial charge >= 0.3 is 0 Å². The highest BCUT2D eigenvalue weighted by molar-refractivity contribution is 7.91. The summed E-state index contributed by atoms with van der Waals surface area (Å²) in [6, 6.07) is 7.16. The Morgan fingerprint density at radius 3 is 2.25 bits per heavy atom. The highest BCUT2D eigenvalue weighted by Crippen LogP contribution is 2.13. The van der Waals surface area contributed by atoms with Crippen molar-refractivity contribution in [3.05, 3.63) is 29.8 Å². The van der Waals surface area contributed by atoms with E-state index in [4.69, 9.17) is 5.73 Å². The van der Waals surface area contributed by atoms with E-state index in [0.717, 1.165) is 19.3 Å². The van der Waals surface area contributed by atoms with Gasteiger partial charge in [-0.3, -0.25) is 0 Å². The molecular weight excluding hydrogens is 222 g/mol. The van der Waals surface area contributed by atoms with Gasteiger partial charge in [0, 0.05) is 0 Å². The van der Waals surface area contributed by atoms with E-state index in [1.165, 1.54) is 5.56 Å². The Hall–Kier alpha value is -0.870. The largest absolute Gasteiger partial charge is 0.330 e. The Balaban J connectivity index is 2.68. The van der Waals surface area contributed by atoms with Gasteiger partial charge < -0.3 is 5.73 Å². The maximum atomic E-state index is 11.6. The third-order valence-corrected chi connectivity index (χ3v) is 4.33. The molecule has 0 aliphatic heterocycles. The van der Waals surface area contributed by atoms with E-state index >= 15 is 0 Å². The van der Waals surface area contributed by atoms with E-state index < -0.39 is 9.84 Å². The van der Waals surface area contributed by atoms with E-state index in [2.05, 4.69) is 0 Å². The molecule has 0 heterocycles. The average Bonchev–Trinajstić information content (AvgIpc) is 2.30. The molecule has 0 aromatic heterocycles. The molecule has 0 spiro atoms. The van der Waals surface area contributed by atoms with Crippen molar-refractivity contribution in [1.82, 2.24) is 0 Å². The molecule has 0 fully saturated rings. The van der Waals surface area contributed by atoms with Crippen LogP contribution in [0.4, 0.5) is 0 Å². The third-order valence-electron chi connectivity index (χ3n) is 2.58. The van der Waals surface area contributed by atoms with Gasteiger partial charge in [0.05, 0.1) is 10.6 Å². The van der Waals surface area contributed by atoms with Gasteiger partial charge in [0.15, 0.2) is 9.84 Å². The van der Waals surface area contributed by atoms with Crippen LogP contribution in [0, 0.1) is 0 Å². The van der Waals surface area contributed by atoms with Crippen molar-refractivity contribution in [3.8, 4) is 0 Å². The Labute approximate surface area is 97.6 Å². The lowest BCUT2D eigenvalue weighted by molar-refractivity contribution is 0.597. The fourth-order valence-electron chi connectivity index (χ4n) is 1.50. The van der Waals surface area contributed by atoms with Crippen molar-refractivity contribution in [3.63, 3.8) is 0 Å². The van der Waals surface area contributed by atoms with Crippen LogP contribution in [0.25, 0.3) is 0 Å². The lowest BCUT2D eigenvalue weighted by Crippen LogP contribution is -2.03. The van der Waals surface area contributed by atoms with Crippen LogP contribution >= 0.6 is 0 Å². The summed E-state index contributed by atoms with van der Waals surface area (Å²) in [5, 5.41) is 0. The molecule has 0 saturated heterocycles. The topological polar surface area (TPSA) is 60.2 Å². The fourth-order valence-corrected chi connectivity index (χ4v) is 2.39. The lowest BCUT2D eigenvalue weighted by atomic mass is 10.1. The van der Waals surface area contributed by atoms with Crippen LogP contribution in [0.5, 0.6) is 0 Å². The summed E-state index contributed by atoms with van der Waals surface area (Å²) in [5.74, 6) is 0.152. The maximum Gasteiger partial charge on any atom is 0.178 e. The average molecular weight is 241 g/mol. The molecule has 3 nitrogen and oxygen atoms in total. The number of benzene rings is 1. The highest BCUT2D eigenvalue weighted by Gasteiger charge is 2.10. The van der Waals surface area contributed by atoms with E-state index in [-0.39, 0.29) is 5.75 Å². The summed E-state index contributed by atoms with van der Waals surface area (Å²) < 4.78 is 23.1. The van der Waals surface area contributed by atoms with Crippen molar-refractivity contribution < 1.29 is 8.42 Å². The minimum atomic E-state index is -3.06. The Bertz CT molecular complexity index is 409. The van der Waals surface area contributed by atoms with Gasteiger partial charge in [-0.15, -0.1) is 0 Å². The molecule has 2 N–H and O–H groups in total. The second kappa shape index (κ2) is 6.01. The third kappa shape index (κ3) is 3.61. The molecule has 0 aliphatic carbocycles. The Kier molecular flexibility index (Phi) is 4.96. The number of hydrogen-bond acceptors (Lipinski definition) is 3. The quantitative estimate of drug-likeness (QED) is 0.772. The van der Waals surface area contributed by atoms with E-state index in [1.807, 2.05) is 12.1 Å². The van der Waals surface area contributed by atoms with Gasteiger partial charge in [0.2, 0.25) is 0 Å². The minimum Gasteiger partial charge on any atom is -0.330 e. The van der Waals surface area contributed by atoms with Gasteiger partial charge in [-0.05, 0) is 43.5 Å². The van der Waals surface area contributed by atoms with Crippen molar-refractivity contribution in [2.45, 2.75) is 31.1 Å². The maximum absolute atomic E-state index is 11.6. The first-order valence-electron chi connectivity index (χ1n) is 5.62. The normalized spacial score (nSPS) is 11.6. The predicted molar refractivity (Wildman–Crippen MR) is 66.2 cm³/mol. The van der Waals surface area contributed by atoms with Crippen LogP contribution in [-0.4, -0.2) is 20.7 Å². The zero-order chi connectivity index (χ0) is 12.0. The molecule has 0 amide bonds. The van der Waals surface area contributed by atoms with E-state index in [9.17, 15) is 8.42 Å². The van der Waals surface area contributed by atoms with Crippen molar-refractivity contribution in [1.29, 1.82) is 0 Å². The molecule has 16 heavy (non-hydrogen) atoms. The summed E-state index contributed by atoms with van der Waals surface area (Å²) in [5.41, 5.74) is 6.58. The first-order valence-corrected chi connectivity index (χ1v) is 7.27. The summed E-state index contributed by atoms with van der Waals surface area (Å²) in [4.78, 5) is 0.414. The summed E-state index contributed by atoms with van der Waals surface area (Å²) in [6.07, 6.45) is 3.02. The summed E-state index contributed by atoms with van der Waals surface area (Å²) in [7, 11) is -3.06. The molecule has 0 unspecified atom stereocenters. The highest BCUT2D eigenvalue weighted by atomic mass is 32.2. The summed E-state index contributed by atoms with van der Waals surface area (Å²) in [6.45, 7) is 2.37. The van der Waals surface area contributed by atoms with Crippen LogP contribution in [0.3, 0.4) is 0 Å². The Morgan fingerprint density at radius 1 is 1.12 bits per heavy atom. The molecule has 1 rings (SSSR count). The fraction of sp³-hybridized carbons (Fsp3) is 0.500. The molecule has 1 aromatic rings. The van der Waals surface area contributed by atoms with Crippen LogP contribution in [0.2, 0.25) is 0 Å². The Morgan fingerprint density at radius 2 is 1.75 bits per heavy atom. The number of rotatable bonds is 6. The molecule has 1 aromatic carbocycles. The molecule has 0 saturated carbocycles. The van der Waals surface area contributed by atoms with Gasteiger partial charge in [-0.1, -0.05) is 19.1 Å². The van der Waals surface area contributed by atoms with Gasteiger partial charge in [0.25, 0.3) is 0 Å². The zero-order valence-electron chi connectivity index (χ0n) is 9.65. The second-order valence-electron chi connectivity index (χ2n) is 3.79. The van der Waals surface area contributed by atoms with E-state index in [0.29, 0.717) is 11.4 Å². The number of hydrogen-bond donors (Lipinski definition) is 1. The van der Waals surface area contributed by atoms with Gasteiger partial charge in [-0.2, -0.15) is 0 Å².